The van der Waals surface area contributed by atoms with Crippen molar-refractivity contribution in [2.45, 2.75) is 23.4 Å². The number of rotatable bonds is 5. The van der Waals surface area contributed by atoms with Crippen LogP contribution in [-0.4, -0.2) is 34.6 Å². The van der Waals surface area contributed by atoms with E-state index in [2.05, 4.69) is 25.6 Å². The lowest BCUT2D eigenvalue weighted by molar-refractivity contribution is -0.119. The summed E-state index contributed by atoms with van der Waals surface area (Å²) in [7, 11) is 1.20. The summed E-state index contributed by atoms with van der Waals surface area (Å²) in [6, 6.07) is 7.90. The number of hydrogen-bond donors (Lipinski definition) is 2. The lowest BCUT2D eigenvalue weighted by Gasteiger charge is -2.07. The molecule has 23 heavy (non-hydrogen) atoms. The standard InChI is InChI=1S/C14H16N4O3S2/c1-8-5-4-6-10(7-8)15-12-17-18-14(23-12)22-9(2)11(19)16-13(20)21-3/h4-7,9H,1-3H3,(H,15,17)(H,16,19,20)/t9-/m0/s1. The molecule has 1 aromatic heterocycles. The highest BCUT2D eigenvalue weighted by Gasteiger charge is 2.19. The van der Waals surface area contributed by atoms with E-state index in [4.69, 9.17) is 0 Å². The van der Waals surface area contributed by atoms with Gasteiger partial charge in [-0.25, -0.2) is 4.79 Å². The summed E-state index contributed by atoms with van der Waals surface area (Å²) >= 11 is 2.56. The molecule has 0 spiro atoms. The second-order valence-corrected chi connectivity index (χ2v) is 7.17. The van der Waals surface area contributed by atoms with Gasteiger partial charge in [0.05, 0.1) is 12.4 Å². The zero-order valence-corrected chi connectivity index (χ0v) is 14.5. The van der Waals surface area contributed by atoms with Gasteiger partial charge in [0.2, 0.25) is 11.0 Å². The number of amides is 2. The monoisotopic (exact) mass is 352 g/mol. The molecule has 122 valence electrons. The molecule has 2 aromatic rings. The van der Waals surface area contributed by atoms with Crippen molar-refractivity contribution >= 4 is 45.9 Å². The Morgan fingerprint density at radius 2 is 2.13 bits per heavy atom. The minimum absolute atomic E-state index is 0.440. The molecule has 1 aromatic carbocycles. The summed E-state index contributed by atoms with van der Waals surface area (Å²) in [5.41, 5.74) is 2.07. The van der Waals surface area contributed by atoms with Crippen LogP contribution in [0.3, 0.4) is 0 Å². The molecular weight excluding hydrogens is 336 g/mol. The predicted molar refractivity (Wildman–Crippen MR) is 90.2 cm³/mol. The molecule has 0 aliphatic carbocycles. The molecule has 2 amide bonds. The highest BCUT2D eigenvalue weighted by Crippen LogP contribution is 2.30. The van der Waals surface area contributed by atoms with Crippen LogP contribution in [0.5, 0.6) is 0 Å². The highest BCUT2D eigenvalue weighted by atomic mass is 32.2. The molecular formula is C14H16N4O3S2. The first-order valence-electron chi connectivity index (χ1n) is 6.70. The van der Waals surface area contributed by atoms with Crippen LogP contribution in [0.1, 0.15) is 12.5 Å². The Labute approximate surface area is 141 Å². The molecule has 9 heteroatoms. The first-order valence-corrected chi connectivity index (χ1v) is 8.40. The number of carbonyl (C=O) groups excluding carboxylic acids is 2. The van der Waals surface area contributed by atoms with Crippen LogP contribution < -0.4 is 10.6 Å². The van der Waals surface area contributed by atoms with Crippen LogP contribution in [0.25, 0.3) is 0 Å². The Bertz CT molecular complexity index is 705. The van der Waals surface area contributed by atoms with E-state index in [1.165, 1.54) is 30.2 Å². The van der Waals surface area contributed by atoms with Crippen molar-refractivity contribution in [1.29, 1.82) is 0 Å². The number of nitrogens with zero attached hydrogens (tertiary/aromatic N) is 2. The number of methoxy groups -OCH3 is 1. The van der Waals surface area contributed by atoms with Crippen LogP contribution in [0.2, 0.25) is 0 Å². The van der Waals surface area contributed by atoms with Crippen molar-refractivity contribution < 1.29 is 14.3 Å². The van der Waals surface area contributed by atoms with Crippen LogP contribution in [0, 0.1) is 6.92 Å². The van der Waals surface area contributed by atoms with Crippen molar-refractivity contribution in [3.05, 3.63) is 29.8 Å². The van der Waals surface area contributed by atoms with Crippen LogP contribution in [0.4, 0.5) is 15.6 Å². The summed E-state index contributed by atoms with van der Waals surface area (Å²) in [6.07, 6.45) is -0.776. The number of nitrogens with one attached hydrogen (secondary N) is 2. The second kappa shape index (κ2) is 7.93. The Hall–Kier alpha value is -2.13. The average molecular weight is 352 g/mol. The quantitative estimate of drug-likeness (QED) is 0.799. The van der Waals surface area contributed by atoms with Gasteiger partial charge in [-0.3, -0.25) is 10.1 Å². The third kappa shape index (κ3) is 5.22. The number of aromatic nitrogens is 2. The van der Waals surface area contributed by atoms with Crippen molar-refractivity contribution in [2.75, 3.05) is 12.4 Å². The molecule has 0 radical (unpaired) electrons. The van der Waals surface area contributed by atoms with Crippen LogP contribution >= 0.6 is 23.1 Å². The van der Waals surface area contributed by atoms with E-state index in [1.807, 2.05) is 31.2 Å². The molecule has 0 aliphatic rings. The maximum atomic E-state index is 11.8. The van der Waals surface area contributed by atoms with Gasteiger partial charge >= 0.3 is 6.09 Å². The minimum Gasteiger partial charge on any atom is -0.453 e. The number of carbonyl (C=O) groups is 2. The van der Waals surface area contributed by atoms with Gasteiger partial charge in [0.1, 0.15) is 0 Å². The number of imide groups is 1. The zero-order chi connectivity index (χ0) is 16.8. The lowest BCUT2D eigenvalue weighted by atomic mass is 10.2. The Kier molecular flexibility index (Phi) is 5.94. The summed E-state index contributed by atoms with van der Waals surface area (Å²) in [6.45, 7) is 3.69. The molecule has 0 saturated carbocycles. The molecule has 0 bridgehead atoms. The normalized spacial score (nSPS) is 11.6. The van der Waals surface area contributed by atoms with Gasteiger partial charge in [-0.1, -0.05) is 35.2 Å². The summed E-state index contributed by atoms with van der Waals surface area (Å²) in [4.78, 5) is 22.8. The van der Waals surface area contributed by atoms with Gasteiger partial charge in [-0.15, -0.1) is 10.2 Å². The number of ether oxygens (including phenoxy) is 1. The third-order valence-electron chi connectivity index (χ3n) is 2.73. The van der Waals surface area contributed by atoms with Crippen LogP contribution in [-0.2, 0) is 9.53 Å². The van der Waals surface area contributed by atoms with E-state index in [-0.39, 0.29) is 0 Å². The van der Waals surface area contributed by atoms with Crippen molar-refractivity contribution in [3.63, 3.8) is 0 Å². The maximum Gasteiger partial charge on any atom is 0.413 e. The topological polar surface area (TPSA) is 93.2 Å². The van der Waals surface area contributed by atoms with Crippen molar-refractivity contribution in [3.8, 4) is 0 Å². The van der Waals surface area contributed by atoms with E-state index in [9.17, 15) is 9.59 Å². The minimum atomic E-state index is -0.776. The van der Waals surface area contributed by atoms with E-state index in [0.717, 1.165) is 11.3 Å². The van der Waals surface area contributed by atoms with Crippen LogP contribution in [0.15, 0.2) is 28.6 Å². The molecule has 0 fully saturated rings. The number of aryl methyl sites for hydroxylation is 1. The smallest absolute Gasteiger partial charge is 0.413 e. The van der Waals surface area contributed by atoms with E-state index >= 15 is 0 Å². The van der Waals surface area contributed by atoms with E-state index in [1.54, 1.807) is 6.92 Å². The van der Waals surface area contributed by atoms with Gasteiger partial charge in [-0.2, -0.15) is 0 Å². The zero-order valence-electron chi connectivity index (χ0n) is 12.8. The number of anilines is 2. The molecule has 2 rings (SSSR count). The largest absolute Gasteiger partial charge is 0.453 e. The van der Waals surface area contributed by atoms with Gasteiger partial charge in [0.25, 0.3) is 0 Å². The summed E-state index contributed by atoms with van der Waals surface area (Å²) in [5, 5.41) is 13.5. The summed E-state index contributed by atoms with van der Waals surface area (Å²) < 4.78 is 5.02. The first kappa shape index (κ1) is 17.2. The predicted octanol–water partition coefficient (Wildman–Crippen LogP) is 2.95. The molecule has 2 N–H and O–H groups in total. The number of hydrogen-bond acceptors (Lipinski definition) is 8. The second-order valence-electron chi connectivity index (χ2n) is 4.61. The molecule has 1 heterocycles. The summed E-state index contributed by atoms with van der Waals surface area (Å²) in [5.74, 6) is -0.440. The molecule has 0 saturated heterocycles. The van der Waals surface area contributed by atoms with Crippen molar-refractivity contribution in [2.24, 2.45) is 0 Å². The first-order chi connectivity index (χ1) is 11.0. The maximum absolute atomic E-state index is 11.8. The average Bonchev–Trinajstić information content (AvgIpc) is 2.94. The molecule has 1 atom stereocenters. The molecule has 7 nitrogen and oxygen atoms in total. The molecule has 0 unspecified atom stereocenters. The van der Waals surface area contributed by atoms with Gasteiger partial charge in [0.15, 0.2) is 4.34 Å². The fourth-order valence-corrected chi connectivity index (χ4v) is 3.53. The molecule has 0 aliphatic heterocycles. The number of alkyl carbamates (subject to hydrolysis) is 1. The van der Waals surface area contributed by atoms with Gasteiger partial charge in [0, 0.05) is 5.69 Å². The Morgan fingerprint density at radius 1 is 1.35 bits per heavy atom. The van der Waals surface area contributed by atoms with E-state index < -0.39 is 17.3 Å². The third-order valence-corrected chi connectivity index (χ3v) is 4.76. The SMILES string of the molecule is COC(=O)NC(=O)[C@H](C)Sc1nnc(Nc2cccc(C)c2)s1. The highest BCUT2D eigenvalue weighted by molar-refractivity contribution is 8.02. The number of benzene rings is 1. The lowest BCUT2D eigenvalue weighted by Crippen LogP contribution is -2.35. The fraction of sp³-hybridized carbons (Fsp3) is 0.286. The van der Waals surface area contributed by atoms with Gasteiger partial charge in [-0.05, 0) is 31.5 Å². The fourth-order valence-electron chi connectivity index (χ4n) is 1.61. The Morgan fingerprint density at radius 3 is 2.83 bits per heavy atom. The van der Waals surface area contributed by atoms with E-state index in [0.29, 0.717) is 9.47 Å². The Balaban J connectivity index is 1.94. The number of thioether (sulfide) groups is 1. The van der Waals surface area contributed by atoms with Gasteiger partial charge < -0.3 is 10.1 Å². The van der Waals surface area contributed by atoms with Crippen molar-refractivity contribution in [1.82, 2.24) is 15.5 Å².